The molecule has 0 atom stereocenters. The van der Waals surface area contributed by atoms with Crippen molar-refractivity contribution in [2.45, 2.75) is 20.0 Å². The lowest BCUT2D eigenvalue weighted by Gasteiger charge is -2.13. The molecular formula is C22H16F3N5O. The van der Waals surface area contributed by atoms with Crippen LogP contribution in [-0.4, -0.2) is 20.1 Å². The Morgan fingerprint density at radius 1 is 1.13 bits per heavy atom. The minimum absolute atomic E-state index is 0.0898. The number of aromatic amines is 1. The summed E-state index contributed by atoms with van der Waals surface area (Å²) in [6.07, 6.45) is -1.91. The Hall–Kier alpha value is -4.06. The number of alkyl halides is 3. The summed E-state index contributed by atoms with van der Waals surface area (Å²) >= 11 is 0. The molecule has 3 aromatic heterocycles. The molecule has 0 aliphatic rings. The van der Waals surface area contributed by atoms with E-state index >= 15 is 0 Å². The van der Waals surface area contributed by atoms with Gasteiger partial charge in [0.1, 0.15) is 23.3 Å². The molecule has 31 heavy (non-hydrogen) atoms. The highest BCUT2D eigenvalue weighted by Crippen LogP contribution is 2.38. The monoisotopic (exact) mass is 423 g/mol. The molecule has 0 amide bonds. The van der Waals surface area contributed by atoms with Gasteiger partial charge in [-0.25, -0.2) is 9.97 Å². The van der Waals surface area contributed by atoms with Crippen LogP contribution in [0.25, 0.3) is 33.4 Å². The van der Waals surface area contributed by atoms with Crippen molar-refractivity contribution in [1.82, 2.24) is 15.0 Å². The number of nitriles is 1. The van der Waals surface area contributed by atoms with E-state index in [0.717, 1.165) is 11.6 Å². The first-order valence-corrected chi connectivity index (χ1v) is 9.16. The van der Waals surface area contributed by atoms with E-state index in [4.69, 9.17) is 5.73 Å². The van der Waals surface area contributed by atoms with Crippen LogP contribution in [0.4, 0.5) is 19.0 Å². The zero-order valence-electron chi connectivity index (χ0n) is 16.5. The second kappa shape index (κ2) is 7.02. The molecule has 0 fully saturated rings. The molecule has 4 rings (SSSR count). The van der Waals surface area contributed by atoms with E-state index in [9.17, 15) is 23.5 Å². The molecule has 0 saturated carbocycles. The normalized spacial score (nSPS) is 11.6. The van der Waals surface area contributed by atoms with Crippen molar-refractivity contribution < 1.29 is 18.3 Å². The van der Waals surface area contributed by atoms with Crippen LogP contribution >= 0.6 is 0 Å². The van der Waals surface area contributed by atoms with Crippen LogP contribution in [0.3, 0.4) is 0 Å². The number of aromatic nitrogens is 3. The Balaban J connectivity index is 1.94. The van der Waals surface area contributed by atoms with Crippen LogP contribution in [-0.2, 0) is 6.18 Å². The van der Waals surface area contributed by atoms with Gasteiger partial charge in [-0.1, -0.05) is 6.07 Å². The standard InChI is InChI=1S/C22H16F3N5O/c1-10-3-4-18(31)11(2)19(10)15-9-29-21-13(14(15)7-26)6-17(30-21)12-5-16(22(23,24)25)20(27)28-8-12/h3-6,8-9,31H,1-2H3,(H2,27,28)(H,29,30). The van der Waals surface area contributed by atoms with Crippen molar-refractivity contribution >= 4 is 16.9 Å². The van der Waals surface area contributed by atoms with Crippen LogP contribution in [0.15, 0.2) is 36.7 Å². The van der Waals surface area contributed by atoms with E-state index < -0.39 is 17.6 Å². The maximum Gasteiger partial charge on any atom is 0.419 e. The maximum absolute atomic E-state index is 13.2. The molecule has 156 valence electrons. The molecule has 3 heterocycles. The number of nitrogens with two attached hydrogens (primary N) is 1. The van der Waals surface area contributed by atoms with Crippen molar-refractivity contribution in [3.8, 4) is 34.2 Å². The number of nitrogen functional groups attached to an aromatic ring is 1. The largest absolute Gasteiger partial charge is 0.508 e. The van der Waals surface area contributed by atoms with Crippen molar-refractivity contribution in [3.63, 3.8) is 0 Å². The van der Waals surface area contributed by atoms with Gasteiger partial charge in [0.15, 0.2) is 0 Å². The van der Waals surface area contributed by atoms with Gasteiger partial charge in [-0.2, -0.15) is 18.4 Å². The first-order chi connectivity index (χ1) is 14.6. The number of aryl methyl sites for hydroxylation is 1. The number of pyridine rings is 2. The Bertz CT molecular complexity index is 1380. The summed E-state index contributed by atoms with van der Waals surface area (Å²) in [6.45, 7) is 3.60. The zero-order valence-corrected chi connectivity index (χ0v) is 16.5. The van der Waals surface area contributed by atoms with E-state index in [-0.39, 0.29) is 11.3 Å². The summed E-state index contributed by atoms with van der Waals surface area (Å²) in [5, 5.41) is 20.4. The number of H-pyrrole nitrogens is 1. The van der Waals surface area contributed by atoms with Gasteiger partial charge in [-0.3, -0.25) is 0 Å². The van der Waals surface area contributed by atoms with E-state index in [0.29, 0.717) is 39.0 Å². The van der Waals surface area contributed by atoms with Gasteiger partial charge in [0, 0.05) is 34.6 Å². The van der Waals surface area contributed by atoms with Crippen LogP contribution < -0.4 is 5.73 Å². The average molecular weight is 423 g/mol. The topological polar surface area (TPSA) is 112 Å². The minimum atomic E-state index is -4.65. The predicted molar refractivity (Wildman–Crippen MR) is 110 cm³/mol. The lowest BCUT2D eigenvalue weighted by Crippen LogP contribution is -2.10. The summed E-state index contributed by atoms with van der Waals surface area (Å²) in [4.78, 5) is 11.0. The Morgan fingerprint density at radius 3 is 2.55 bits per heavy atom. The molecular weight excluding hydrogens is 407 g/mol. The molecule has 0 aliphatic heterocycles. The molecule has 4 N–H and O–H groups in total. The van der Waals surface area contributed by atoms with Gasteiger partial charge in [0.2, 0.25) is 0 Å². The van der Waals surface area contributed by atoms with Gasteiger partial charge in [-0.05, 0) is 48.7 Å². The van der Waals surface area contributed by atoms with Gasteiger partial charge in [-0.15, -0.1) is 0 Å². The highest BCUT2D eigenvalue weighted by atomic mass is 19.4. The van der Waals surface area contributed by atoms with E-state index in [2.05, 4.69) is 21.0 Å². The summed E-state index contributed by atoms with van der Waals surface area (Å²) in [5.41, 5.74) is 8.12. The summed E-state index contributed by atoms with van der Waals surface area (Å²) in [7, 11) is 0. The Kier molecular flexibility index (Phi) is 4.58. The van der Waals surface area contributed by atoms with E-state index in [1.54, 1.807) is 25.1 Å². The predicted octanol–water partition coefficient (Wildman–Crippen LogP) is 5.09. The number of hydrogen-bond donors (Lipinski definition) is 3. The lowest BCUT2D eigenvalue weighted by atomic mass is 9.92. The van der Waals surface area contributed by atoms with Crippen molar-refractivity contribution in [2.75, 3.05) is 5.73 Å². The third kappa shape index (κ3) is 3.32. The van der Waals surface area contributed by atoms with Gasteiger partial charge < -0.3 is 15.8 Å². The molecule has 0 radical (unpaired) electrons. The number of rotatable bonds is 2. The smallest absolute Gasteiger partial charge is 0.419 e. The molecule has 1 aromatic carbocycles. The molecule has 0 unspecified atom stereocenters. The fourth-order valence-electron chi connectivity index (χ4n) is 3.64. The minimum Gasteiger partial charge on any atom is -0.508 e. The van der Waals surface area contributed by atoms with Gasteiger partial charge >= 0.3 is 6.18 Å². The second-order valence-electron chi connectivity index (χ2n) is 7.16. The molecule has 0 spiro atoms. The number of nitrogens with zero attached hydrogens (tertiary/aromatic N) is 3. The maximum atomic E-state index is 13.2. The third-order valence-corrected chi connectivity index (χ3v) is 5.22. The summed E-state index contributed by atoms with van der Waals surface area (Å²) in [6, 6.07) is 7.95. The fourth-order valence-corrected chi connectivity index (χ4v) is 3.64. The number of anilines is 1. The van der Waals surface area contributed by atoms with E-state index in [1.807, 2.05) is 6.92 Å². The third-order valence-electron chi connectivity index (χ3n) is 5.22. The first-order valence-electron chi connectivity index (χ1n) is 9.16. The summed E-state index contributed by atoms with van der Waals surface area (Å²) in [5.74, 6) is -0.521. The first kappa shape index (κ1) is 20.2. The number of halogens is 3. The highest BCUT2D eigenvalue weighted by Gasteiger charge is 2.34. The number of phenols is 1. The number of phenolic OH excluding ortho intramolecular Hbond substituents is 1. The number of nitrogens with one attached hydrogen (secondary N) is 1. The number of fused-ring (bicyclic) bond motifs is 1. The SMILES string of the molecule is Cc1ccc(O)c(C)c1-c1cnc2[nH]c(-c3cnc(N)c(C(F)(F)F)c3)cc2c1C#N. The molecule has 6 nitrogen and oxygen atoms in total. The van der Waals surface area contributed by atoms with Crippen LogP contribution in [0.5, 0.6) is 5.75 Å². The van der Waals surface area contributed by atoms with Gasteiger partial charge in [0.25, 0.3) is 0 Å². The molecule has 0 aliphatic carbocycles. The number of hydrogen-bond acceptors (Lipinski definition) is 5. The lowest BCUT2D eigenvalue weighted by molar-refractivity contribution is -0.137. The molecule has 4 aromatic rings. The number of aromatic hydroxyl groups is 1. The molecule has 0 bridgehead atoms. The molecule has 9 heteroatoms. The summed E-state index contributed by atoms with van der Waals surface area (Å²) < 4.78 is 39.6. The van der Waals surface area contributed by atoms with Crippen molar-refractivity contribution in [2.24, 2.45) is 0 Å². The molecule has 0 saturated heterocycles. The number of benzene rings is 1. The second-order valence-corrected chi connectivity index (χ2v) is 7.16. The quantitative estimate of drug-likeness (QED) is 0.416. The van der Waals surface area contributed by atoms with Gasteiger partial charge in [0.05, 0.1) is 11.1 Å². The van der Waals surface area contributed by atoms with Crippen LogP contribution in [0.2, 0.25) is 0 Å². The van der Waals surface area contributed by atoms with Crippen LogP contribution in [0, 0.1) is 25.2 Å². The Morgan fingerprint density at radius 2 is 1.87 bits per heavy atom. The average Bonchev–Trinajstić information content (AvgIpc) is 3.14. The van der Waals surface area contributed by atoms with E-state index in [1.165, 1.54) is 12.4 Å². The van der Waals surface area contributed by atoms with Crippen molar-refractivity contribution in [1.29, 1.82) is 5.26 Å². The highest BCUT2D eigenvalue weighted by molar-refractivity contribution is 5.94. The van der Waals surface area contributed by atoms with Crippen LogP contribution in [0.1, 0.15) is 22.3 Å². The van der Waals surface area contributed by atoms with Crippen molar-refractivity contribution in [3.05, 3.63) is 58.9 Å². The zero-order chi connectivity index (χ0) is 22.5. The fraction of sp³-hybridized carbons (Fsp3) is 0.136. The Labute approximate surface area is 174 Å².